The average molecular weight is 437 g/mol. The van der Waals surface area contributed by atoms with Crippen molar-refractivity contribution in [1.29, 1.82) is 0 Å². The van der Waals surface area contributed by atoms with Gasteiger partial charge in [-0.2, -0.15) is 8.78 Å². The predicted octanol–water partition coefficient (Wildman–Crippen LogP) is 3.72. The molecule has 0 radical (unpaired) electrons. The van der Waals surface area contributed by atoms with Crippen molar-refractivity contribution in [3.63, 3.8) is 0 Å². The standard InChI is InChI=1S/C20H19ClF2N4O3/c1-18(2)9-19(20(22,23)10-29-17(24)27-19)13-7-12(4-6-15(13)30-18)26-16(28)14-5-3-11(21)8-25-14/h3-8H,9-10H2,1-2H3,(H2,24,27)(H,26,28)/t19-/m1/s1. The van der Waals surface area contributed by atoms with Crippen LogP contribution in [0, 0.1) is 0 Å². The van der Waals surface area contributed by atoms with E-state index < -0.39 is 29.6 Å². The molecule has 0 saturated carbocycles. The van der Waals surface area contributed by atoms with Crippen molar-refractivity contribution in [2.75, 3.05) is 11.9 Å². The van der Waals surface area contributed by atoms with Gasteiger partial charge in [-0.3, -0.25) is 4.79 Å². The molecule has 1 aromatic heterocycles. The summed E-state index contributed by atoms with van der Waals surface area (Å²) in [7, 11) is 0. The van der Waals surface area contributed by atoms with Crippen LogP contribution in [0.15, 0.2) is 41.5 Å². The van der Waals surface area contributed by atoms with Gasteiger partial charge in [0.1, 0.15) is 17.0 Å². The number of carbonyl (C=O) groups excluding carboxylic acids is 1. The molecule has 4 rings (SSSR count). The van der Waals surface area contributed by atoms with Crippen molar-refractivity contribution in [3.05, 3.63) is 52.8 Å². The van der Waals surface area contributed by atoms with Crippen LogP contribution in [0.5, 0.6) is 5.75 Å². The van der Waals surface area contributed by atoms with Gasteiger partial charge in [0.2, 0.25) is 0 Å². The van der Waals surface area contributed by atoms with Crippen LogP contribution in [0.1, 0.15) is 36.3 Å². The number of aromatic nitrogens is 1. The Morgan fingerprint density at radius 1 is 1.27 bits per heavy atom. The molecule has 0 unspecified atom stereocenters. The van der Waals surface area contributed by atoms with Crippen molar-refractivity contribution in [1.82, 2.24) is 4.98 Å². The Kier molecular flexibility index (Phi) is 4.61. The molecule has 0 fully saturated rings. The molecule has 1 spiro atoms. The normalized spacial score (nSPS) is 23.6. The molecular formula is C20H19ClF2N4O3. The second-order valence-corrected chi connectivity index (χ2v) is 8.31. The second kappa shape index (κ2) is 6.80. The van der Waals surface area contributed by atoms with E-state index in [1.54, 1.807) is 19.9 Å². The number of benzene rings is 1. The summed E-state index contributed by atoms with van der Waals surface area (Å²) in [4.78, 5) is 20.5. The third-order valence-electron chi connectivity index (χ3n) is 5.02. The van der Waals surface area contributed by atoms with Crippen LogP contribution in [-0.2, 0) is 10.3 Å². The van der Waals surface area contributed by atoms with Gasteiger partial charge in [0, 0.05) is 23.9 Å². The van der Waals surface area contributed by atoms with Crippen molar-refractivity contribution in [2.24, 2.45) is 10.7 Å². The molecule has 158 valence electrons. The molecule has 2 aliphatic rings. The highest BCUT2D eigenvalue weighted by atomic mass is 35.5. The molecule has 0 aliphatic carbocycles. The van der Waals surface area contributed by atoms with Crippen molar-refractivity contribution >= 4 is 29.2 Å². The lowest BCUT2D eigenvalue weighted by Crippen LogP contribution is -2.58. The number of anilines is 1. The maximum Gasteiger partial charge on any atom is 0.310 e. The largest absolute Gasteiger partial charge is 0.487 e. The minimum absolute atomic E-state index is 0.125. The number of pyridine rings is 1. The van der Waals surface area contributed by atoms with E-state index in [2.05, 4.69) is 15.3 Å². The minimum Gasteiger partial charge on any atom is -0.487 e. The molecule has 0 bridgehead atoms. The SMILES string of the molecule is CC1(C)C[C@@]2(N=C(N)OCC2(F)F)c2cc(NC(=O)c3ccc(Cl)cn3)ccc2O1. The lowest BCUT2D eigenvalue weighted by Gasteiger charge is -2.48. The van der Waals surface area contributed by atoms with Gasteiger partial charge in [0.25, 0.3) is 11.9 Å². The molecule has 2 aliphatic heterocycles. The highest BCUT2D eigenvalue weighted by Crippen LogP contribution is 2.55. The number of nitrogens with one attached hydrogen (secondary N) is 1. The minimum atomic E-state index is -3.34. The van der Waals surface area contributed by atoms with Gasteiger partial charge in [-0.15, -0.1) is 0 Å². The number of nitrogens with two attached hydrogens (primary N) is 1. The number of halogens is 3. The fraction of sp³-hybridized carbons (Fsp3) is 0.350. The predicted molar refractivity (Wildman–Crippen MR) is 107 cm³/mol. The van der Waals surface area contributed by atoms with E-state index in [9.17, 15) is 4.79 Å². The maximum atomic E-state index is 15.2. The number of nitrogens with zero attached hydrogens (tertiary/aromatic N) is 2. The number of amidine groups is 1. The van der Waals surface area contributed by atoms with E-state index in [-0.39, 0.29) is 35.1 Å². The fourth-order valence-corrected chi connectivity index (χ4v) is 3.89. The Balaban J connectivity index is 1.77. The van der Waals surface area contributed by atoms with Crippen LogP contribution in [0.2, 0.25) is 5.02 Å². The number of ether oxygens (including phenoxy) is 2. The molecule has 1 amide bonds. The number of hydrogen-bond donors (Lipinski definition) is 2. The zero-order valence-electron chi connectivity index (χ0n) is 16.2. The smallest absolute Gasteiger partial charge is 0.310 e. The third-order valence-corrected chi connectivity index (χ3v) is 5.24. The Hall–Kier alpha value is -2.94. The molecule has 1 aromatic carbocycles. The van der Waals surface area contributed by atoms with Gasteiger partial charge in [-0.25, -0.2) is 9.98 Å². The third kappa shape index (κ3) is 3.43. The van der Waals surface area contributed by atoms with Crippen molar-refractivity contribution in [2.45, 2.75) is 37.3 Å². The first-order valence-electron chi connectivity index (χ1n) is 9.14. The zero-order chi connectivity index (χ0) is 21.7. The first-order valence-corrected chi connectivity index (χ1v) is 9.52. The molecular weight excluding hydrogens is 418 g/mol. The fourth-order valence-electron chi connectivity index (χ4n) is 3.78. The van der Waals surface area contributed by atoms with Gasteiger partial charge < -0.3 is 20.5 Å². The summed E-state index contributed by atoms with van der Waals surface area (Å²) in [5, 5.41) is 3.04. The average Bonchev–Trinajstić information content (AvgIpc) is 2.65. The lowest BCUT2D eigenvalue weighted by molar-refractivity contribution is -0.148. The molecule has 10 heteroatoms. The first kappa shape index (κ1) is 20.3. The van der Waals surface area contributed by atoms with Gasteiger partial charge in [0.15, 0.2) is 12.1 Å². The van der Waals surface area contributed by atoms with Crippen LogP contribution in [-0.4, -0.2) is 35.0 Å². The van der Waals surface area contributed by atoms with E-state index in [1.807, 2.05) is 0 Å². The Morgan fingerprint density at radius 2 is 2.03 bits per heavy atom. The highest BCUT2D eigenvalue weighted by molar-refractivity contribution is 6.30. The summed E-state index contributed by atoms with van der Waals surface area (Å²) < 4.78 is 41.1. The summed E-state index contributed by atoms with van der Waals surface area (Å²) in [6, 6.07) is 7.19. The molecule has 3 N–H and O–H groups in total. The monoisotopic (exact) mass is 436 g/mol. The number of alkyl halides is 2. The van der Waals surface area contributed by atoms with Gasteiger partial charge in [-0.1, -0.05) is 11.6 Å². The molecule has 3 heterocycles. The van der Waals surface area contributed by atoms with Crippen LogP contribution < -0.4 is 15.8 Å². The molecule has 30 heavy (non-hydrogen) atoms. The summed E-state index contributed by atoms with van der Waals surface area (Å²) in [5.41, 5.74) is 3.32. The van der Waals surface area contributed by atoms with E-state index in [0.717, 1.165) is 0 Å². The van der Waals surface area contributed by atoms with E-state index in [4.69, 9.17) is 26.8 Å². The highest BCUT2D eigenvalue weighted by Gasteiger charge is 2.63. The van der Waals surface area contributed by atoms with Crippen LogP contribution >= 0.6 is 11.6 Å². The van der Waals surface area contributed by atoms with Gasteiger partial charge >= 0.3 is 5.92 Å². The number of rotatable bonds is 2. The first-order chi connectivity index (χ1) is 14.0. The van der Waals surface area contributed by atoms with Crippen molar-refractivity contribution in [3.8, 4) is 5.75 Å². The number of hydrogen-bond acceptors (Lipinski definition) is 6. The molecule has 0 saturated heterocycles. The lowest BCUT2D eigenvalue weighted by atomic mass is 9.73. The Morgan fingerprint density at radius 3 is 2.73 bits per heavy atom. The van der Waals surface area contributed by atoms with Crippen LogP contribution in [0.25, 0.3) is 0 Å². The Labute approximate surface area is 176 Å². The maximum absolute atomic E-state index is 15.2. The van der Waals surface area contributed by atoms with Crippen LogP contribution in [0.4, 0.5) is 14.5 Å². The number of aliphatic imine (C=N–C) groups is 1. The Bertz CT molecular complexity index is 1040. The van der Waals surface area contributed by atoms with E-state index in [1.165, 1.54) is 30.5 Å². The summed E-state index contributed by atoms with van der Waals surface area (Å²) in [6.07, 6.45) is 1.22. The summed E-state index contributed by atoms with van der Waals surface area (Å²) >= 11 is 5.79. The quantitative estimate of drug-likeness (QED) is 0.747. The van der Waals surface area contributed by atoms with E-state index >= 15 is 8.78 Å². The number of fused-ring (bicyclic) bond motifs is 2. The second-order valence-electron chi connectivity index (χ2n) is 7.87. The van der Waals surface area contributed by atoms with Crippen molar-refractivity contribution < 1.29 is 23.0 Å². The van der Waals surface area contributed by atoms with E-state index in [0.29, 0.717) is 5.02 Å². The molecule has 2 aromatic rings. The zero-order valence-corrected chi connectivity index (χ0v) is 17.0. The summed E-state index contributed by atoms with van der Waals surface area (Å²) in [5.74, 6) is -3.61. The molecule has 1 atom stereocenters. The van der Waals surface area contributed by atoms with Crippen LogP contribution in [0.3, 0.4) is 0 Å². The number of amides is 1. The number of carbonyl (C=O) groups is 1. The summed E-state index contributed by atoms with van der Waals surface area (Å²) in [6.45, 7) is 2.51. The van der Waals surface area contributed by atoms with Gasteiger partial charge in [0.05, 0.1) is 5.02 Å². The molecule has 7 nitrogen and oxygen atoms in total. The van der Waals surface area contributed by atoms with Gasteiger partial charge in [-0.05, 0) is 44.2 Å². The topological polar surface area (TPSA) is 98.8 Å².